The molecule has 3 rings (SSSR count). The van der Waals surface area contributed by atoms with Gasteiger partial charge in [-0.25, -0.2) is 4.79 Å². The minimum atomic E-state index is -0.410. The largest absolute Gasteiger partial charge is 0.490 e. The maximum Gasteiger partial charge on any atom is 0.336 e. The normalized spacial score (nSPS) is 10.5. The highest BCUT2D eigenvalue weighted by molar-refractivity contribution is 6.05. The van der Waals surface area contributed by atoms with Crippen LogP contribution in [0.15, 0.2) is 57.7 Å². The number of ether oxygens (including phenoxy) is 2. The number of nitrogens with one attached hydrogen (secondary N) is 1. The predicted molar refractivity (Wildman–Crippen MR) is 99.2 cm³/mol. The zero-order valence-electron chi connectivity index (χ0n) is 14.6. The molecule has 1 heterocycles. The van der Waals surface area contributed by atoms with Gasteiger partial charge >= 0.3 is 5.63 Å². The third-order valence-electron chi connectivity index (χ3n) is 3.68. The molecule has 1 N–H and O–H groups in total. The van der Waals surface area contributed by atoms with Crippen LogP contribution in [0, 0.1) is 0 Å². The summed E-state index contributed by atoms with van der Waals surface area (Å²) in [6.07, 6.45) is 0. The van der Waals surface area contributed by atoms with Crippen molar-refractivity contribution in [3.8, 4) is 11.5 Å². The van der Waals surface area contributed by atoms with Gasteiger partial charge in [0.05, 0.1) is 13.2 Å². The summed E-state index contributed by atoms with van der Waals surface area (Å²) < 4.78 is 16.1. The third kappa shape index (κ3) is 3.85. The van der Waals surface area contributed by atoms with Crippen LogP contribution in [-0.4, -0.2) is 19.1 Å². The highest BCUT2D eigenvalue weighted by Crippen LogP contribution is 2.29. The van der Waals surface area contributed by atoms with Crippen molar-refractivity contribution in [1.29, 1.82) is 0 Å². The Morgan fingerprint density at radius 1 is 0.962 bits per heavy atom. The van der Waals surface area contributed by atoms with E-state index in [0.29, 0.717) is 41.5 Å². The molecule has 0 radical (unpaired) electrons. The zero-order valence-corrected chi connectivity index (χ0v) is 14.6. The lowest BCUT2D eigenvalue weighted by molar-refractivity contribution is 0.102. The van der Waals surface area contributed by atoms with Crippen LogP contribution in [0.2, 0.25) is 0 Å². The van der Waals surface area contributed by atoms with Gasteiger partial charge in [-0.05, 0) is 56.3 Å². The Labute approximate surface area is 150 Å². The van der Waals surface area contributed by atoms with E-state index in [-0.39, 0.29) is 5.91 Å². The van der Waals surface area contributed by atoms with Crippen molar-refractivity contribution in [2.75, 3.05) is 18.5 Å². The van der Waals surface area contributed by atoms with Crippen molar-refractivity contribution in [2.24, 2.45) is 0 Å². The molecule has 1 aromatic heterocycles. The number of benzene rings is 2. The first-order valence-electron chi connectivity index (χ1n) is 8.35. The van der Waals surface area contributed by atoms with Gasteiger partial charge < -0.3 is 19.2 Å². The van der Waals surface area contributed by atoms with Gasteiger partial charge in [0.15, 0.2) is 11.5 Å². The Morgan fingerprint density at radius 3 is 2.50 bits per heavy atom. The molecule has 0 aliphatic heterocycles. The van der Waals surface area contributed by atoms with E-state index >= 15 is 0 Å². The second-order valence-electron chi connectivity index (χ2n) is 5.49. The van der Waals surface area contributed by atoms with E-state index in [2.05, 4.69) is 5.32 Å². The standard InChI is InChI=1S/C20H19NO5/c1-3-24-17-8-5-14(12-18(17)25-4-2)20(23)21-15-7-9-16-13(11-15)6-10-19(22)26-16/h5-12H,3-4H2,1-2H3,(H,21,23). The molecule has 26 heavy (non-hydrogen) atoms. The van der Waals surface area contributed by atoms with Gasteiger partial charge in [-0.3, -0.25) is 4.79 Å². The van der Waals surface area contributed by atoms with Crippen LogP contribution < -0.4 is 20.4 Å². The maximum atomic E-state index is 12.5. The second-order valence-corrected chi connectivity index (χ2v) is 5.49. The maximum absolute atomic E-state index is 12.5. The van der Waals surface area contributed by atoms with Gasteiger partial charge in [0.1, 0.15) is 5.58 Å². The van der Waals surface area contributed by atoms with Crippen molar-refractivity contribution in [3.63, 3.8) is 0 Å². The van der Waals surface area contributed by atoms with Gasteiger partial charge in [-0.2, -0.15) is 0 Å². The van der Waals surface area contributed by atoms with Crippen molar-refractivity contribution in [2.45, 2.75) is 13.8 Å². The number of anilines is 1. The second kappa shape index (κ2) is 7.74. The van der Waals surface area contributed by atoms with Crippen LogP contribution in [-0.2, 0) is 0 Å². The van der Waals surface area contributed by atoms with Gasteiger partial charge in [0.2, 0.25) is 0 Å². The summed E-state index contributed by atoms with van der Waals surface area (Å²) in [5.41, 5.74) is 1.11. The Kier molecular flexibility index (Phi) is 5.22. The van der Waals surface area contributed by atoms with Gasteiger partial charge in [-0.1, -0.05) is 0 Å². The average molecular weight is 353 g/mol. The number of amides is 1. The molecule has 6 nitrogen and oxygen atoms in total. The van der Waals surface area contributed by atoms with E-state index in [1.807, 2.05) is 13.8 Å². The molecule has 2 aromatic carbocycles. The monoisotopic (exact) mass is 353 g/mol. The minimum Gasteiger partial charge on any atom is -0.490 e. The highest BCUT2D eigenvalue weighted by Gasteiger charge is 2.12. The Bertz CT molecular complexity index is 993. The first-order valence-corrected chi connectivity index (χ1v) is 8.35. The summed E-state index contributed by atoms with van der Waals surface area (Å²) >= 11 is 0. The number of carbonyl (C=O) groups is 1. The fourth-order valence-corrected chi connectivity index (χ4v) is 2.55. The average Bonchev–Trinajstić information content (AvgIpc) is 2.63. The van der Waals surface area contributed by atoms with Crippen LogP contribution >= 0.6 is 0 Å². The lowest BCUT2D eigenvalue weighted by Crippen LogP contribution is -2.12. The van der Waals surface area contributed by atoms with E-state index in [0.717, 1.165) is 5.39 Å². The lowest BCUT2D eigenvalue weighted by atomic mass is 10.1. The molecule has 0 aliphatic rings. The summed E-state index contributed by atoms with van der Waals surface area (Å²) in [5.74, 6) is 0.861. The third-order valence-corrected chi connectivity index (χ3v) is 3.68. The quantitative estimate of drug-likeness (QED) is 0.681. The molecule has 0 fully saturated rings. The van der Waals surface area contributed by atoms with Gasteiger partial charge in [-0.15, -0.1) is 0 Å². The molecule has 0 spiro atoms. The summed E-state index contributed by atoms with van der Waals surface area (Å²) in [5, 5.41) is 3.56. The molecular formula is C20H19NO5. The molecule has 6 heteroatoms. The smallest absolute Gasteiger partial charge is 0.336 e. The van der Waals surface area contributed by atoms with Crippen LogP contribution in [0.5, 0.6) is 11.5 Å². The predicted octanol–water partition coefficient (Wildman–Crippen LogP) is 3.84. The number of rotatable bonds is 6. The molecule has 0 unspecified atom stereocenters. The van der Waals surface area contributed by atoms with Crippen LogP contribution in [0.3, 0.4) is 0 Å². The fourth-order valence-electron chi connectivity index (χ4n) is 2.55. The van der Waals surface area contributed by atoms with Crippen LogP contribution in [0.4, 0.5) is 5.69 Å². The van der Waals surface area contributed by atoms with Crippen LogP contribution in [0.25, 0.3) is 11.0 Å². The van der Waals surface area contributed by atoms with E-state index < -0.39 is 5.63 Å². The molecule has 134 valence electrons. The molecule has 0 atom stereocenters. The van der Waals surface area contributed by atoms with E-state index in [9.17, 15) is 9.59 Å². The van der Waals surface area contributed by atoms with E-state index in [1.165, 1.54) is 6.07 Å². The molecule has 0 saturated heterocycles. The number of fused-ring (bicyclic) bond motifs is 1. The number of hydrogen-bond donors (Lipinski definition) is 1. The minimum absolute atomic E-state index is 0.272. The highest BCUT2D eigenvalue weighted by atomic mass is 16.5. The summed E-state index contributed by atoms with van der Waals surface area (Å²) in [4.78, 5) is 23.8. The summed E-state index contributed by atoms with van der Waals surface area (Å²) in [6.45, 7) is 4.74. The van der Waals surface area contributed by atoms with Crippen LogP contribution in [0.1, 0.15) is 24.2 Å². The molecule has 0 bridgehead atoms. The first-order chi connectivity index (χ1) is 12.6. The summed E-state index contributed by atoms with van der Waals surface area (Å²) in [7, 11) is 0. The van der Waals surface area contributed by atoms with E-state index in [4.69, 9.17) is 13.9 Å². The number of carbonyl (C=O) groups excluding carboxylic acids is 1. The van der Waals surface area contributed by atoms with Crippen molar-refractivity contribution < 1.29 is 18.7 Å². The molecule has 1 amide bonds. The van der Waals surface area contributed by atoms with Crippen molar-refractivity contribution in [3.05, 3.63) is 64.5 Å². The first kappa shape index (κ1) is 17.5. The van der Waals surface area contributed by atoms with Crippen molar-refractivity contribution in [1.82, 2.24) is 0 Å². The molecule has 3 aromatic rings. The van der Waals surface area contributed by atoms with E-state index in [1.54, 1.807) is 42.5 Å². The molecular weight excluding hydrogens is 334 g/mol. The summed E-state index contributed by atoms with van der Waals surface area (Å²) in [6, 6.07) is 13.1. The Hall–Kier alpha value is -3.28. The zero-order chi connectivity index (χ0) is 18.5. The Balaban J connectivity index is 1.84. The number of hydrogen-bond acceptors (Lipinski definition) is 5. The van der Waals surface area contributed by atoms with Crippen molar-refractivity contribution >= 4 is 22.6 Å². The van der Waals surface area contributed by atoms with Gasteiger partial charge in [0.25, 0.3) is 5.91 Å². The molecule has 0 saturated carbocycles. The topological polar surface area (TPSA) is 77.8 Å². The Morgan fingerprint density at radius 2 is 1.73 bits per heavy atom. The molecule has 0 aliphatic carbocycles. The fraction of sp³-hybridized carbons (Fsp3) is 0.200. The SMILES string of the molecule is CCOc1ccc(C(=O)Nc2ccc3oc(=O)ccc3c2)cc1OCC. The van der Waals surface area contributed by atoms with Gasteiger partial charge in [0, 0.05) is 22.7 Å². The lowest BCUT2D eigenvalue weighted by Gasteiger charge is -2.12.